The summed E-state index contributed by atoms with van der Waals surface area (Å²) in [5.41, 5.74) is 3.50. The second-order valence-electron chi connectivity index (χ2n) is 6.23. The van der Waals surface area contributed by atoms with E-state index >= 15 is 0 Å². The Bertz CT molecular complexity index is 1080. The maximum atomic E-state index is 12.4. The molecule has 3 aromatic rings. The molecule has 0 saturated heterocycles. The number of nitrogens with one attached hydrogen (secondary N) is 1. The number of carbonyl (C=O) groups excluding carboxylic acids is 2. The zero-order valence-corrected chi connectivity index (χ0v) is 14.2. The molecule has 0 aliphatic carbocycles. The van der Waals surface area contributed by atoms with Crippen molar-refractivity contribution in [3.8, 4) is 0 Å². The number of nitrogens with zero attached hydrogens (tertiary/aromatic N) is 2. The molecule has 0 fully saturated rings. The largest absolute Gasteiger partial charge is 0.420 e. The number of rotatable bonds is 3. The molecule has 0 atom stereocenters. The minimum atomic E-state index is -0.571. The molecule has 4 rings (SSSR count). The highest BCUT2D eigenvalue weighted by Gasteiger charge is 2.22. The molecule has 0 bridgehead atoms. The topological polar surface area (TPSA) is 84.5 Å². The first kappa shape index (κ1) is 16.1. The molecule has 0 unspecified atom stereocenters. The monoisotopic (exact) mass is 351 g/mol. The maximum Gasteiger partial charge on any atom is 0.420 e. The zero-order chi connectivity index (χ0) is 18.3. The van der Waals surface area contributed by atoms with Crippen LogP contribution < -0.4 is 16.0 Å². The van der Waals surface area contributed by atoms with Crippen LogP contribution in [0.25, 0.3) is 11.1 Å². The van der Waals surface area contributed by atoms with E-state index in [1.54, 1.807) is 41.3 Å². The van der Waals surface area contributed by atoms with E-state index in [9.17, 15) is 14.4 Å². The lowest BCUT2D eigenvalue weighted by molar-refractivity contribution is -0.117. The molecule has 1 N–H and O–H groups in total. The summed E-state index contributed by atoms with van der Waals surface area (Å²) in [5, 5.41) is 2.78. The van der Waals surface area contributed by atoms with Gasteiger partial charge in [-0.15, -0.1) is 0 Å². The minimum Gasteiger partial charge on any atom is -0.408 e. The molecular weight excluding hydrogens is 334 g/mol. The zero-order valence-electron chi connectivity index (χ0n) is 14.2. The summed E-state index contributed by atoms with van der Waals surface area (Å²) in [4.78, 5) is 37.8. The van der Waals surface area contributed by atoms with E-state index in [1.165, 1.54) is 11.5 Å². The molecule has 7 nitrogen and oxygen atoms in total. The number of carbonyl (C=O) groups is 2. The average Bonchev–Trinajstić information content (AvgIpc) is 3.16. The summed E-state index contributed by atoms with van der Waals surface area (Å²) >= 11 is 0. The van der Waals surface area contributed by atoms with Crippen LogP contribution in [0.5, 0.6) is 0 Å². The molecule has 1 aliphatic rings. The van der Waals surface area contributed by atoms with Crippen LogP contribution in [-0.4, -0.2) is 22.9 Å². The molecular formula is C19H17N3O4. The molecule has 2 amide bonds. The van der Waals surface area contributed by atoms with Gasteiger partial charge >= 0.3 is 5.76 Å². The van der Waals surface area contributed by atoms with Crippen LogP contribution in [0.2, 0.25) is 0 Å². The summed E-state index contributed by atoms with van der Waals surface area (Å²) in [5.74, 6) is -0.937. The van der Waals surface area contributed by atoms with Crippen LogP contribution in [0.1, 0.15) is 12.5 Å². The smallest absolute Gasteiger partial charge is 0.408 e. The van der Waals surface area contributed by atoms with Crippen LogP contribution in [-0.2, 0) is 22.6 Å². The number of para-hydroxylation sites is 2. The molecule has 2 heterocycles. The highest BCUT2D eigenvalue weighted by Crippen LogP contribution is 2.30. The summed E-state index contributed by atoms with van der Waals surface area (Å²) in [6.07, 6.45) is 0.805. The third kappa shape index (κ3) is 2.77. The molecule has 2 aromatic carbocycles. The summed E-state index contributed by atoms with van der Waals surface area (Å²) in [7, 11) is 0. The van der Waals surface area contributed by atoms with Gasteiger partial charge in [-0.2, -0.15) is 0 Å². The lowest BCUT2D eigenvalue weighted by atomic mass is 10.1. The normalized spacial score (nSPS) is 13.0. The third-order valence-electron chi connectivity index (χ3n) is 4.52. The maximum absolute atomic E-state index is 12.4. The molecule has 0 radical (unpaired) electrons. The second kappa shape index (κ2) is 6.18. The van der Waals surface area contributed by atoms with E-state index in [0.29, 0.717) is 23.3 Å². The van der Waals surface area contributed by atoms with Crippen molar-refractivity contribution in [1.82, 2.24) is 4.57 Å². The standard InChI is InChI=1S/C19H17N3O4/c1-12(23)21-9-8-13-6-7-14(10-16(13)21)20-18(24)11-22-15-4-2-3-5-17(15)26-19(22)25/h2-7,10H,8-9,11H2,1H3,(H,20,24). The fourth-order valence-corrected chi connectivity index (χ4v) is 3.29. The van der Waals surface area contributed by atoms with E-state index in [2.05, 4.69) is 5.32 Å². The van der Waals surface area contributed by atoms with Gasteiger partial charge in [0.25, 0.3) is 0 Å². The third-order valence-corrected chi connectivity index (χ3v) is 4.52. The molecule has 1 aliphatic heterocycles. The quantitative estimate of drug-likeness (QED) is 0.783. The van der Waals surface area contributed by atoms with Gasteiger partial charge in [-0.3, -0.25) is 14.2 Å². The van der Waals surface area contributed by atoms with Crippen molar-refractivity contribution in [3.05, 3.63) is 58.6 Å². The van der Waals surface area contributed by atoms with Crippen molar-refractivity contribution in [3.63, 3.8) is 0 Å². The predicted octanol–water partition coefficient (Wildman–Crippen LogP) is 2.14. The van der Waals surface area contributed by atoms with Crippen LogP contribution in [0, 0.1) is 0 Å². The molecule has 132 valence electrons. The Kier molecular flexibility index (Phi) is 3.84. The van der Waals surface area contributed by atoms with Crippen molar-refractivity contribution in [1.29, 1.82) is 0 Å². The van der Waals surface area contributed by atoms with Gasteiger partial charge < -0.3 is 14.6 Å². The number of hydrogen-bond donors (Lipinski definition) is 1. The Hall–Kier alpha value is -3.35. The number of amides is 2. The number of benzene rings is 2. The first-order valence-corrected chi connectivity index (χ1v) is 8.32. The van der Waals surface area contributed by atoms with Gasteiger partial charge in [0.05, 0.1) is 5.52 Å². The van der Waals surface area contributed by atoms with Gasteiger partial charge in [-0.25, -0.2) is 4.79 Å². The van der Waals surface area contributed by atoms with E-state index in [1.807, 2.05) is 6.07 Å². The Morgan fingerprint density at radius 2 is 2.00 bits per heavy atom. The summed E-state index contributed by atoms with van der Waals surface area (Å²) in [6.45, 7) is 2.03. The van der Waals surface area contributed by atoms with Gasteiger partial charge in [-0.1, -0.05) is 18.2 Å². The second-order valence-corrected chi connectivity index (χ2v) is 6.23. The van der Waals surface area contributed by atoms with Crippen LogP contribution in [0.4, 0.5) is 11.4 Å². The fraction of sp³-hybridized carbons (Fsp3) is 0.211. The molecule has 26 heavy (non-hydrogen) atoms. The van der Waals surface area contributed by atoms with Crippen molar-refractivity contribution in [2.45, 2.75) is 19.9 Å². The number of oxazole rings is 1. The Morgan fingerprint density at radius 3 is 2.81 bits per heavy atom. The van der Waals surface area contributed by atoms with Crippen LogP contribution in [0.3, 0.4) is 0 Å². The van der Waals surface area contributed by atoms with Crippen LogP contribution >= 0.6 is 0 Å². The van der Waals surface area contributed by atoms with Crippen molar-refractivity contribution >= 4 is 34.3 Å². The first-order valence-electron chi connectivity index (χ1n) is 8.32. The minimum absolute atomic E-state index is 0.0244. The fourth-order valence-electron chi connectivity index (χ4n) is 3.29. The summed E-state index contributed by atoms with van der Waals surface area (Å²) in [6, 6.07) is 12.5. The van der Waals surface area contributed by atoms with E-state index in [4.69, 9.17) is 4.42 Å². The van der Waals surface area contributed by atoms with Gasteiger partial charge in [-0.05, 0) is 36.2 Å². The lowest BCUT2D eigenvalue weighted by Crippen LogP contribution is -2.26. The van der Waals surface area contributed by atoms with Gasteiger partial charge in [0, 0.05) is 24.8 Å². The summed E-state index contributed by atoms with van der Waals surface area (Å²) < 4.78 is 6.43. The van der Waals surface area contributed by atoms with E-state index in [0.717, 1.165) is 17.7 Å². The van der Waals surface area contributed by atoms with Crippen LogP contribution in [0.15, 0.2) is 51.7 Å². The average molecular weight is 351 g/mol. The molecule has 1 aromatic heterocycles. The van der Waals surface area contributed by atoms with Crippen molar-refractivity contribution in [2.75, 3.05) is 16.8 Å². The highest BCUT2D eigenvalue weighted by molar-refractivity contribution is 5.96. The number of fused-ring (bicyclic) bond motifs is 2. The number of hydrogen-bond acceptors (Lipinski definition) is 4. The highest BCUT2D eigenvalue weighted by atomic mass is 16.4. The predicted molar refractivity (Wildman–Crippen MR) is 97.3 cm³/mol. The van der Waals surface area contributed by atoms with Gasteiger partial charge in [0.2, 0.25) is 11.8 Å². The first-order chi connectivity index (χ1) is 12.5. The van der Waals surface area contributed by atoms with E-state index in [-0.39, 0.29) is 18.4 Å². The van der Waals surface area contributed by atoms with Crippen molar-refractivity contribution < 1.29 is 14.0 Å². The Morgan fingerprint density at radius 1 is 1.19 bits per heavy atom. The number of aromatic nitrogens is 1. The molecule has 0 saturated carbocycles. The van der Waals surface area contributed by atoms with Gasteiger partial charge in [0.15, 0.2) is 5.58 Å². The lowest BCUT2D eigenvalue weighted by Gasteiger charge is -2.16. The number of anilines is 2. The van der Waals surface area contributed by atoms with Gasteiger partial charge in [0.1, 0.15) is 6.54 Å². The van der Waals surface area contributed by atoms with E-state index < -0.39 is 5.76 Å². The SMILES string of the molecule is CC(=O)N1CCc2ccc(NC(=O)Cn3c(=O)oc4ccccc43)cc21. The Balaban J connectivity index is 1.56. The molecule has 7 heteroatoms. The van der Waals surface area contributed by atoms with Crippen molar-refractivity contribution in [2.24, 2.45) is 0 Å². The molecule has 0 spiro atoms. The Labute approximate surface area is 148 Å².